The second-order valence-electron chi connectivity index (χ2n) is 4.73. The Labute approximate surface area is 118 Å². The van der Waals surface area contributed by atoms with E-state index in [2.05, 4.69) is 34.4 Å². The predicted molar refractivity (Wildman–Crippen MR) is 82.2 cm³/mol. The Kier molecular flexibility index (Phi) is 6.77. The number of aromatic nitrogens is 2. The summed E-state index contributed by atoms with van der Waals surface area (Å²) in [5.74, 6) is 2.44. The summed E-state index contributed by atoms with van der Waals surface area (Å²) in [6.07, 6.45) is 5.22. The molecule has 2 unspecified atom stereocenters. The molecule has 5 nitrogen and oxygen atoms in total. The molecular formula is C13H24N4OS. The third-order valence-corrected chi connectivity index (χ3v) is 3.66. The van der Waals surface area contributed by atoms with Crippen LogP contribution in [0.25, 0.3) is 0 Å². The molecule has 2 N–H and O–H groups in total. The van der Waals surface area contributed by atoms with Crippen molar-refractivity contribution in [2.24, 2.45) is 0 Å². The van der Waals surface area contributed by atoms with Crippen molar-refractivity contribution >= 4 is 22.4 Å². The van der Waals surface area contributed by atoms with Crippen LogP contribution in [0.3, 0.4) is 0 Å². The van der Waals surface area contributed by atoms with E-state index in [-0.39, 0.29) is 6.04 Å². The van der Waals surface area contributed by atoms with Crippen LogP contribution in [0.1, 0.15) is 32.3 Å². The average molecular weight is 284 g/mol. The summed E-state index contributed by atoms with van der Waals surface area (Å²) in [7, 11) is -0.743. The highest BCUT2D eigenvalue weighted by molar-refractivity contribution is 7.84. The van der Waals surface area contributed by atoms with Crippen molar-refractivity contribution in [2.75, 3.05) is 29.2 Å². The van der Waals surface area contributed by atoms with Gasteiger partial charge in [-0.15, -0.1) is 0 Å². The molecular weight excluding hydrogens is 260 g/mol. The van der Waals surface area contributed by atoms with E-state index >= 15 is 0 Å². The lowest BCUT2D eigenvalue weighted by atomic mass is 10.2. The van der Waals surface area contributed by atoms with Crippen molar-refractivity contribution in [1.29, 1.82) is 0 Å². The predicted octanol–water partition coefficient (Wildman–Crippen LogP) is 2.18. The van der Waals surface area contributed by atoms with Crippen LogP contribution in [-0.4, -0.2) is 38.8 Å². The van der Waals surface area contributed by atoms with Crippen LogP contribution < -0.4 is 10.6 Å². The van der Waals surface area contributed by atoms with Crippen molar-refractivity contribution in [3.05, 3.63) is 11.9 Å². The molecule has 1 aromatic rings. The molecule has 2 atom stereocenters. The first-order valence-corrected chi connectivity index (χ1v) is 8.39. The van der Waals surface area contributed by atoms with Gasteiger partial charge in [0.25, 0.3) is 0 Å². The first-order chi connectivity index (χ1) is 9.04. The molecule has 108 valence electrons. The van der Waals surface area contributed by atoms with Crippen molar-refractivity contribution in [3.63, 3.8) is 0 Å². The summed E-state index contributed by atoms with van der Waals surface area (Å²) < 4.78 is 11.1. The zero-order valence-electron chi connectivity index (χ0n) is 12.2. The molecule has 19 heavy (non-hydrogen) atoms. The smallest absolute Gasteiger partial charge is 0.134 e. The Balaban J connectivity index is 2.64. The molecule has 0 aromatic carbocycles. The third-order valence-electron chi connectivity index (χ3n) is 2.85. The highest BCUT2D eigenvalue weighted by Crippen LogP contribution is 2.19. The van der Waals surface area contributed by atoms with Gasteiger partial charge in [-0.25, -0.2) is 9.97 Å². The molecule has 0 amide bonds. The molecule has 1 rings (SSSR count). The van der Waals surface area contributed by atoms with E-state index in [1.54, 1.807) is 12.6 Å². The largest absolute Gasteiger partial charge is 0.370 e. The summed E-state index contributed by atoms with van der Waals surface area (Å²) in [5, 5.41) is 6.64. The van der Waals surface area contributed by atoms with E-state index < -0.39 is 10.8 Å². The lowest BCUT2D eigenvalue weighted by molar-refractivity contribution is 0.678. The minimum atomic E-state index is -0.743. The maximum Gasteiger partial charge on any atom is 0.134 e. The molecule has 0 bridgehead atoms. The Morgan fingerprint density at radius 2 is 2.05 bits per heavy atom. The van der Waals surface area contributed by atoms with Gasteiger partial charge in [0.1, 0.15) is 18.0 Å². The van der Waals surface area contributed by atoms with Gasteiger partial charge in [-0.2, -0.15) is 0 Å². The lowest BCUT2D eigenvalue weighted by Gasteiger charge is -2.17. The normalized spacial score (nSPS) is 13.9. The van der Waals surface area contributed by atoms with Gasteiger partial charge in [-0.3, -0.25) is 4.21 Å². The average Bonchev–Trinajstić information content (AvgIpc) is 2.37. The second-order valence-corrected chi connectivity index (χ2v) is 6.29. The Morgan fingerprint density at radius 3 is 2.68 bits per heavy atom. The van der Waals surface area contributed by atoms with E-state index in [9.17, 15) is 4.21 Å². The summed E-state index contributed by atoms with van der Waals surface area (Å²) in [5.41, 5.74) is 1.03. The molecule has 1 heterocycles. The van der Waals surface area contributed by atoms with Crippen LogP contribution in [0.4, 0.5) is 11.6 Å². The molecule has 0 radical (unpaired) electrons. The quantitative estimate of drug-likeness (QED) is 0.766. The molecule has 1 aromatic heterocycles. The number of hydrogen-bond acceptors (Lipinski definition) is 5. The molecule has 0 aliphatic rings. The fraction of sp³-hybridized carbons (Fsp3) is 0.692. The Bertz CT molecular complexity index is 425. The molecule has 0 saturated carbocycles. The maximum atomic E-state index is 11.1. The van der Waals surface area contributed by atoms with E-state index in [1.165, 1.54) is 0 Å². The van der Waals surface area contributed by atoms with Gasteiger partial charge in [0, 0.05) is 41.0 Å². The topological polar surface area (TPSA) is 66.9 Å². The van der Waals surface area contributed by atoms with Crippen molar-refractivity contribution in [3.8, 4) is 0 Å². The number of hydrogen-bond donors (Lipinski definition) is 2. The zero-order valence-corrected chi connectivity index (χ0v) is 13.0. The van der Waals surface area contributed by atoms with Gasteiger partial charge in [-0.1, -0.05) is 6.92 Å². The van der Waals surface area contributed by atoms with Gasteiger partial charge in [0.2, 0.25) is 0 Å². The number of rotatable bonds is 8. The highest BCUT2D eigenvalue weighted by atomic mass is 32.2. The molecule has 0 fully saturated rings. The minimum absolute atomic E-state index is 0.247. The summed E-state index contributed by atoms with van der Waals surface area (Å²) in [6.45, 7) is 7.11. The van der Waals surface area contributed by atoms with Crippen LogP contribution in [0, 0.1) is 6.92 Å². The minimum Gasteiger partial charge on any atom is -0.370 e. The standard InChI is InChI=1S/C13H24N4OS/c1-5-7-14-12-11(3)13(16-9-15-12)17-10(2)6-8-19(4)18/h9-10H,5-8H2,1-4H3,(H2,14,15,16,17). The molecule has 0 saturated heterocycles. The summed E-state index contributed by atoms with van der Waals surface area (Å²) in [4.78, 5) is 8.52. The summed E-state index contributed by atoms with van der Waals surface area (Å²) >= 11 is 0. The number of nitrogens with zero attached hydrogens (tertiary/aromatic N) is 2. The Hall–Kier alpha value is -1.17. The van der Waals surface area contributed by atoms with Gasteiger partial charge in [0.05, 0.1) is 0 Å². The van der Waals surface area contributed by atoms with Crippen LogP contribution in [0.5, 0.6) is 0 Å². The van der Waals surface area contributed by atoms with E-state index in [4.69, 9.17) is 0 Å². The van der Waals surface area contributed by atoms with Crippen LogP contribution in [0.15, 0.2) is 6.33 Å². The van der Waals surface area contributed by atoms with Crippen molar-refractivity contribution in [2.45, 2.75) is 39.7 Å². The van der Waals surface area contributed by atoms with Gasteiger partial charge in [0.15, 0.2) is 0 Å². The van der Waals surface area contributed by atoms with Crippen LogP contribution in [-0.2, 0) is 10.8 Å². The second kappa shape index (κ2) is 8.09. The van der Waals surface area contributed by atoms with Crippen LogP contribution >= 0.6 is 0 Å². The third kappa shape index (κ3) is 5.55. The van der Waals surface area contributed by atoms with Crippen LogP contribution in [0.2, 0.25) is 0 Å². The maximum absolute atomic E-state index is 11.1. The molecule has 6 heteroatoms. The number of anilines is 2. The van der Waals surface area contributed by atoms with Gasteiger partial charge in [-0.05, 0) is 26.7 Å². The fourth-order valence-corrected chi connectivity index (χ4v) is 2.35. The molecule has 0 aliphatic carbocycles. The zero-order chi connectivity index (χ0) is 14.3. The molecule has 0 spiro atoms. The van der Waals surface area contributed by atoms with E-state index in [1.807, 2.05) is 6.92 Å². The van der Waals surface area contributed by atoms with Crippen molar-refractivity contribution < 1.29 is 4.21 Å². The first kappa shape index (κ1) is 15.9. The first-order valence-electron chi connectivity index (χ1n) is 6.66. The fourth-order valence-electron chi connectivity index (χ4n) is 1.67. The monoisotopic (exact) mass is 284 g/mol. The SMILES string of the molecule is CCCNc1ncnc(NC(C)CCS(C)=O)c1C. The Morgan fingerprint density at radius 1 is 1.37 bits per heavy atom. The lowest BCUT2D eigenvalue weighted by Crippen LogP contribution is -2.20. The van der Waals surface area contributed by atoms with Gasteiger partial charge >= 0.3 is 0 Å². The summed E-state index contributed by atoms with van der Waals surface area (Å²) in [6, 6.07) is 0.247. The number of nitrogens with one attached hydrogen (secondary N) is 2. The van der Waals surface area contributed by atoms with Crippen molar-refractivity contribution in [1.82, 2.24) is 9.97 Å². The van der Waals surface area contributed by atoms with E-state index in [0.717, 1.165) is 36.6 Å². The highest BCUT2D eigenvalue weighted by Gasteiger charge is 2.09. The van der Waals surface area contributed by atoms with E-state index in [0.29, 0.717) is 5.75 Å². The van der Waals surface area contributed by atoms with Gasteiger partial charge < -0.3 is 10.6 Å². The molecule has 0 aliphatic heterocycles.